The van der Waals surface area contributed by atoms with Crippen molar-refractivity contribution in [3.05, 3.63) is 66.4 Å². The lowest BCUT2D eigenvalue weighted by atomic mass is 10.1. The molecule has 1 amide bonds. The van der Waals surface area contributed by atoms with Crippen molar-refractivity contribution < 1.29 is 4.79 Å². The number of likely N-dealkylation sites (N-methyl/N-ethyl adjacent to an activating group) is 1. The second-order valence-corrected chi connectivity index (χ2v) is 8.11. The average molecular weight is 410 g/mol. The lowest BCUT2D eigenvalue weighted by molar-refractivity contribution is 0.102. The smallest absolute Gasteiger partial charge is 0.257 e. The number of aromatic nitrogens is 3. The Balaban J connectivity index is 1.50. The van der Waals surface area contributed by atoms with Crippen LogP contribution < -0.4 is 10.2 Å². The van der Waals surface area contributed by atoms with E-state index < -0.39 is 0 Å². The Hall–Kier alpha value is -3.71. The molecule has 0 spiro atoms. The molecule has 2 aromatic heterocycles. The molecule has 31 heavy (non-hydrogen) atoms. The van der Waals surface area contributed by atoms with Gasteiger partial charge in [-0.3, -0.25) is 9.36 Å². The minimum absolute atomic E-state index is 0.119. The molecule has 0 radical (unpaired) electrons. The fourth-order valence-corrected chi connectivity index (χ4v) is 4.44. The summed E-state index contributed by atoms with van der Waals surface area (Å²) in [5.74, 6) is 1.65. The number of carbonyl (C=O) groups excluding carboxylic acids is 1. The molecule has 6 rings (SSSR count). The molecule has 2 aromatic carbocycles. The Kier molecular flexibility index (Phi) is 4.04. The third-order valence-electron chi connectivity index (χ3n) is 6.15. The van der Waals surface area contributed by atoms with Gasteiger partial charge in [-0.2, -0.15) is 0 Å². The van der Waals surface area contributed by atoms with Crippen LogP contribution in [0.3, 0.4) is 0 Å². The van der Waals surface area contributed by atoms with Crippen LogP contribution >= 0.6 is 0 Å². The molecule has 0 unspecified atom stereocenters. The van der Waals surface area contributed by atoms with Crippen molar-refractivity contribution in [3.63, 3.8) is 0 Å². The molecule has 7 heteroatoms. The Morgan fingerprint density at radius 3 is 2.58 bits per heavy atom. The zero-order chi connectivity index (χ0) is 20.9. The summed E-state index contributed by atoms with van der Waals surface area (Å²) in [6.45, 7) is 4.04. The van der Waals surface area contributed by atoms with Crippen LogP contribution in [0.4, 0.5) is 11.5 Å². The van der Waals surface area contributed by atoms with Gasteiger partial charge in [0, 0.05) is 37.9 Å². The molecule has 1 N–H and O–H groups in total. The normalized spacial score (nSPS) is 16.2. The topological polar surface area (TPSA) is 66.3 Å². The fraction of sp³-hybridized carbons (Fsp3) is 0.208. The van der Waals surface area contributed by atoms with E-state index in [0.29, 0.717) is 5.56 Å². The van der Waals surface area contributed by atoms with Crippen LogP contribution in [0.25, 0.3) is 28.1 Å². The van der Waals surface area contributed by atoms with Crippen LogP contribution in [0, 0.1) is 0 Å². The molecule has 154 valence electrons. The van der Waals surface area contributed by atoms with Crippen LogP contribution in [0.2, 0.25) is 0 Å². The SMILES string of the molecule is CN1CCN(c2ccc(-c3nc4cccc5c4n3-c3ccccc3NC5=O)cn2)CC1. The van der Waals surface area contributed by atoms with Crippen molar-refractivity contribution in [3.8, 4) is 17.1 Å². The van der Waals surface area contributed by atoms with Gasteiger partial charge in [0.25, 0.3) is 5.91 Å². The average Bonchev–Trinajstić information content (AvgIpc) is 3.13. The highest BCUT2D eigenvalue weighted by atomic mass is 16.1. The highest BCUT2D eigenvalue weighted by Gasteiger charge is 2.25. The molecule has 4 heterocycles. The number of nitrogens with zero attached hydrogens (tertiary/aromatic N) is 5. The molecule has 0 bridgehead atoms. The lowest BCUT2D eigenvalue weighted by Crippen LogP contribution is -2.44. The lowest BCUT2D eigenvalue weighted by Gasteiger charge is -2.33. The number of amides is 1. The van der Waals surface area contributed by atoms with Gasteiger partial charge in [-0.25, -0.2) is 9.97 Å². The number of carbonyl (C=O) groups is 1. The number of benzene rings is 2. The van der Waals surface area contributed by atoms with Gasteiger partial charge in [0.2, 0.25) is 0 Å². The van der Waals surface area contributed by atoms with Gasteiger partial charge >= 0.3 is 0 Å². The fourth-order valence-electron chi connectivity index (χ4n) is 4.44. The Labute approximate surface area is 179 Å². The molecule has 0 saturated carbocycles. The first kappa shape index (κ1) is 18.1. The summed E-state index contributed by atoms with van der Waals surface area (Å²) in [4.78, 5) is 27.2. The standard InChI is InChI=1S/C24H22N6O/c1-28-11-13-29(14-12-28)21-10-9-16(15-25-21)23-26-19-7-4-5-17-22(19)30(23)20-8-3-2-6-18(20)27-24(17)31/h2-10,15H,11-14H2,1H3,(H,27,31). The van der Waals surface area contributed by atoms with Crippen LogP contribution in [-0.4, -0.2) is 58.6 Å². The second kappa shape index (κ2) is 6.92. The van der Waals surface area contributed by atoms with E-state index in [1.54, 1.807) is 0 Å². The summed E-state index contributed by atoms with van der Waals surface area (Å²) in [5.41, 5.74) is 4.83. The van der Waals surface area contributed by atoms with Gasteiger partial charge in [-0.05, 0) is 43.4 Å². The van der Waals surface area contributed by atoms with Crippen molar-refractivity contribution in [1.29, 1.82) is 0 Å². The van der Waals surface area contributed by atoms with E-state index in [4.69, 9.17) is 9.97 Å². The highest BCUT2D eigenvalue weighted by molar-refractivity contribution is 6.14. The maximum Gasteiger partial charge on any atom is 0.257 e. The van der Waals surface area contributed by atoms with Gasteiger partial charge < -0.3 is 15.1 Å². The zero-order valence-electron chi connectivity index (χ0n) is 17.2. The number of rotatable bonds is 2. The molecule has 4 aromatic rings. The second-order valence-electron chi connectivity index (χ2n) is 8.11. The maximum atomic E-state index is 12.9. The van der Waals surface area contributed by atoms with Crippen LogP contribution in [0.5, 0.6) is 0 Å². The summed E-state index contributed by atoms with van der Waals surface area (Å²) in [6.07, 6.45) is 1.89. The van der Waals surface area contributed by atoms with E-state index in [9.17, 15) is 4.79 Å². The largest absolute Gasteiger partial charge is 0.354 e. The minimum Gasteiger partial charge on any atom is -0.354 e. The number of nitrogens with one attached hydrogen (secondary N) is 1. The number of fused-ring (bicyclic) bond motifs is 2. The Bertz CT molecular complexity index is 1300. The summed E-state index contributed by atoms with van der Waals surface area (Å²) in [5, 5.41) is 3.04. The molecular weight excluding hydrogens is 388 g/mol. The minimum atomic E-state index is -0.119. The van der Waals surface area contributed by atoms with Crippen molar-refractivity contribution in [2.75, 3.05) is 43.4 Å². The third kappa shape index (κ3) is 2.89. The first-order valence-electron chi connectivity index (χ1n) is 10.5. The Morgan fingerprint density at radius 1 is 0.935 bits per heavy atom. The van der Waals surface area contributed by atoms with E-state index in [0.717, 1.165) is 65.8 Å². The van der Waals surface area contributed by atoms with Gasteiger partial charge in [0.15, 0.2) is 0 Å². The van der Waals surface area contributed by atoms with E-state index in [-0.39, 0.29) is 5.91 Å². The van der Waals surface area contributed by atoms with Crippen molar-refractivity contribution >= 4 is 28.4 Å². The van der Waals surface area contributed by atoms with Crippen molar-refractivity contribution in [2.45, 2.75) is 0 Å². The highest BCUT2D eigenvalue weighted by Crippen LogP contribution is 2.36. The Morgan fingerprint density at radius 2 is 1.77 bits per heavy atom. The van der Waals surface area contributed by atoms with Gasteiger partial charge in [-0.15, -0.1) is 0 Å². The number of pyridine rings is 1. The predicted octanol–water partition coefficient (Wildman–Crippen LogP) is 3.41. The number of hydrogen-bond donors (Lipinski definition) is 1. The first-order chi connectivity index (χ1) is 15.2. The molecule has 2 aliphatic heterocycles. The summed E-state index contributed by atoms with van der Waals surface area (Å²) in [6, 6.07) is 17.7. The predicted molar refractivity (Wildman–Crippen MR) is 122 cm³/mol. The monoisotopic (exact) mass is 410 g/mol. The molecule has 2 aliphatic rings. The van der Waals surface area contributed by atoms with E-state index >= 15 is 0 Å². The molecule has 0 atom stereocenters. The first-order valence-corrected chi connectivity index (χ1v) is 10.5. The molecular formula is C24H22N6O. The summed E-state index contributed by atoms with van der Waals surface area (Å²) >= 11 is 0. The molecule has 1 saturated heterocycles. The number of anilines is 2. The quantitative estimate of drug-likeness (QED) is 0.549. The van der Waals surface area contributed by atoms with Crippen LogP contribution in [0.1, 0.15) is 10.4 Å². The van der Waals surface area contributed by atoms with Crippen molar-refractivity contribution in [1.82, 2.24) is 19.4 Å². The van der Waals surface area contributed by atoms with Gasteiger partial charge in [-0.1, -0.05) is 18.2 Å². The zero-order valence-corrected chi connectivity index (χ0v) is 17.2. The van der Waals surface area contributed by atoms with E-state index in [1.807, 2.05) is 48.7 Å². The van der Waals surface area contributed by atoms with Crippen molar-refractivity contribution in [2.24, 2.45) is 0 Å². The molecule has 7 nitrogen and oxygen atoms in total. The number of piperazine rings is 1. The number of para-hydroxylation sites is 3. The number of hydrogen-bond acceptors (Lipinski definition) is 5. The van der Waals surface area contributed by atoms with E-state index in [2.05, 4.69) is 38.9 Å². The van der Waals surface area contributed by atoms with Gasteiger partial charge in [0.05, 0.1) is 28.0 Å². The molecule has 0 aliphatic carbocycles. The van der Waals surface area contributed by atoms with Crippen LogP contribution in [-0.2, 0) is 0 Å². The summed E-state index contributed by atoms with van der Waals surface area (Å²) < 4.78 is 2.07. The third-order valence-corrected chi connectivity index (χ3v) is 6.15. The number of imidazole rings is 1. The summed E-state index contributed by atoms with van der Waals surface area (Å²) in [7, 11) is 2.15. The maximum absolute atomic E-state index is 12.9. The van der Waals surface area contributed by atoms with Crippen LogP contribution in [0.15, 0.2) is 60.8 Å². The van der Waals surface area contributed by atoms with Gasteiger partial charge in [0.1, 0.15) is 11.6 Å². The molecule has 1 fully saturated rings. The van der Waals surface area contributed by atoms with E-state index in [1.165, 1.54) is 0 Å².